The van der Waals surface area contributed by atoms with Crippen LogP contribution in [0, 0.1) is 0 Å². The first-order valence-electron chi connectivity index (χ1n) is 9.32. The molecule has 1 unspecified atom stereocenters. The van der Waals surface area contributed by atoms with Gasteiger partial charge < -0.3 is 0 Å². The van der Waals surface area contributed by atoms with E-state index in [1.54, 1.807) is 0 Å². The van der Waals surface area contributed by atoms with Crippen LogP contribution in [0.3, 0.4) is 0 Å². The summed E-state index contributed by atoms with van der Waals surface area (Å²) in [4.78, 5) is 4.89. The van der Waals surface area contributed by atoms with Crippen LogP contribution >= 0.6 is 24.8 Å². The second kappa shape index (κ2) is 7.81. The van der Waals surface area contributed by atoms with Crippen molar-refractivity contribution in [2.75, 3.05) is 6.61 Å². The molecular weight excluding hydrogens is 433 g/mol. The van der Waals surface area contributed by atoms with Crippen LogP contribution in [0.5, 0.6) is 0 Å². The molecule has 3 nitrogen and oxygen atoms in total. The summed E-state index contributed by atoms with van der Waals surface area (Å²) in [5.74, 6) is 0. The van der Waals surface area contributed by atoms with E-state index < -0.39 is 22.9 Å². The molecule has 0 aliphatic heterocycles. The maximum atomic E-state index is 7.09. The Hall–Kier alpha value is 0.221. The molecule has 7 heteroatoms. The van der Waals surface area contributed by atoms with Gasteiger partial charge >= 0.3 is 154 Å². The normalized spacial score (nSPS) is 19.3. The molecule has 1 aliphatic rings. The Morgan fingerprint density at radius 2 is 1.70 bits per heavy atom. The van der Waals surface area contributed by atoms with Gasteiger partial charge in [-0.3, -0.25) is 0 Å². The van der Waals surface area contributed by atoms with Crippen LogP contribution in [0.2, 0.25) is 24.9 Å². The van der Waals surface area contributed by atoms with Gasteiger partial charge in [0, 0.05) is 0 Å². The zero-order chi connectivity index (χ0) is 19.2. The topological polar surface area (TPSA) is 30.5 Å². The van der Waals surface area contributed by atoms with Crippen LogP contribution in [0.1, 0.15) is 43.0 Å². The molecule has 1 aromatic carbocycles. The Balaban J connectivity index is 0.00000338. The van der Waals surface area contributed by atoms with Crippen molar-refractivity contribution in [3.8, 4) is 0 Å². The van der Waals surface area contributed by atoms with Gasteiger partial charge in [0.25, 0.3) is 0 Å². The zero-order valence-electron chi connectivity index (χ0n) is 18.1. The molecule has 0 bridgehead atoms. The van der Waals surface area contributed by atoms with Crippen molar-refractivity contribution >= 4 is 44.0 Å². The Bertz CT molecular complexity index is 774. The van der Waals surface area contributed by atoms with Gasteiger partial charge in [0.15, 0.2) is 0 Å². The standard InChI is InChI=1S/C9H7.C4H10N.C3H9OSi.C2H5O.CH3.CH2.2ClH.Ti/c1-2-5-9-7-3-6-8(9)4-1;1-4(2,3)5;1-5(2,3)4;1-2-3;;;;;/h1-7H;5H,1-3H3;1-3H3;2H2,1H3;1H3;1H2;2*1H;/q;3*-1;;;;;+3. The molecule has 0 amide bonds. The molecule has 157 valence electrons. The van der Waals surface area contributed by atoms with Gasteiger partial charge in [0.05, 0.1) is 0 Å². The predicted molar refractivity (Wildman–Crippen MR) is 125 cm³/mol. The van der Waals surface area contributed by atoms with Crippen molar-refractivity contribution in [3.63, 3.8) is 0 Å². The van der Waals surface area contributed by atoms with E-state index in [1.165, 1.54) is 11.1 Å². The maximum absolute atomic E-state index is 7.09. The molecule has 0 aromatic heterocycles. The van der Waals surface area contributed by atoms with Crippen molar-refractivity contribution in [2.24, 2.45) is 0 Å². The molecular formula is C20H38Cl2NO2SiTi. The third kappa shape index (κ3) is 5.64. The molecule has 1 N–H and O–H groups in total. The van der Waals surface area contributed by atoms with Gasteiger partial charge in [-0.25, -0.2) is 0 Å². The van der Waals surface area contributed by atoms with Crippen LogP contribution in [-0.2, 0) is 20.9 Å². The molecule has 0 spiro atoms. The Morgan fingerprint density at radius 1 is 1.15 bits per heavy atom. The molecule has 0 saturated carbocycles. The average Bonchev–Trinajstić information content (AvgIpc) is 2.78. The van der Waals surface area contributed by atoms with Crippen LogP contribution in [-0.4, -0.2) is 25.3 Å². The Kier molecular flexibility index (Phi) is 7.87. The van der Waals surface area contributed by atoms with E-state index in [0.29, 0.717) is 6.61 Å². The average molecular weight is 471 g/mol. The summed E-state index contributed by atoms with van der Waals surface area (Å²) in [6.07, 6.45) is 4.44. The fourth-order valence-electron chi connectivity index (χ4n) is 4.93. The predicted octanol–water partition coefficient (Wildman–Crippen LogP) is 6.32. The number of fused-ring (bicyclic) bond motifs is 1. The summed E-state index contributed by atoms with van der Waals surface area (Å²) in [5, 5.41) is 2.18. The molecule has 1 atom stereocenters. The van der Waals surface area contributed by atoms with Gasteiger partial charge in [-0.2, -0.15) is 0 Å². The molecule has 1 aliphatic carbocycles. The molecule has 0 saturated heterocycles. The zero-order valence-corrected chi connectivity index (χ0v) is 22.3. The van der Waals surface area contributed by atoms with E-state index in [1.807, 2.05) is 6.92 Å². The van der Waals surface area contributed by atoms with E-state index in [2.05, 4.69) is 85.9 Å². The molecule has 2 rings (SSSR count). The summed E-state index contributed by atoms with van der Waals surface area (Å²) < 4.78 is 17.7. The van der Waals surface area contributed by atoms with E-state index in [9.17, 15) is 0 Å². The fraction of sp³-hybridized carbons (Fsp3) is 0.550. The second-order valence-electron chi connectivity index (χ2n) is 10.1. The molecule has 27 heavy (non-hydrogen) atoms. The summed E-state index contributed by atoms with van der Waals surface area (Å²) in [5.41, 5.74) is 2.32. The Morgan fingerprint density at radius 3 is 2.19 bits per heavy atom. The van der Waals surface area contributed by atoms with Crippen molar-refractivity contribution < 1.29 is 20.9 Å². The summed E-state index contributed by atoms with van der Waals surface area (Å²) in [7, 11) is -1.96. The van der Waals surface area contributed by atoms with Crippen molar-refractivity contribution in [2.45, 2.75) is 62.3 Å². The van der Waals surface area contributed by atoms with Gasteiger partial charge in [-0.1, -0.05) is 0 Å². The van der Waals surface area contributed by atoms with Crippen LogP contribution in [0.25, 0.3) is 6.08 Å². The van der Waals surface area contributed by atoms with Crippen LogP contribution in [0.4, 0.5) is 0 Å². The number of benzene rings is 1. The third-order valence-electron chi connectivity index (χ3n) is 4.74. The molecule has 0 radical (unpaired) electrons. The first kappa shape index (κ1) is 27.2. The first-order chi connectivity index (χ1) is 11.1. The van der Waals surface area contributed by atoms with Crippen molar-refractivity contribution in [1.29, 1.82) is 0 Å². The van der Waals surface area contributed by atoms with Gasteiger partial charge in [-0.05, 0) is 0 Å². The van der Waals surface area contributed by atoms with Gasteiger partial charge in [-0.15, -0.1) is 24.8 Å². The number of hydrogen-bond acceptors (Lipinski definition) is 3. The number of hydrogen-bond donors (Lipinski definition) is 1. The number of allylic oxidation sites excluding steroid dienone is 1. The number of nitrogens with one attached hydrogen (secondary N) is 1. The monoisotopic (exact) mass is 470 g/mol. The minimum absolute atomic E-state index is 0. The Labute approximate surface area is 178 Å². The fourth-order valence-corrected chi connectivity index (χ4v) is 26.0. The molecule has 0 heterocycles. The second-order valence-corrected chi connectivity index (χ2v) is 25.6. The van der Waals surface area contributed by atoms with E-state index in [0.717, 1.165) is 0 Å². The summed E-state index contributed by atoms with van der Waals surface area (Å²) >= 11 is -4.93. The van der Waals surface area contributed by atoms with E-state index in [-0.39, 0.29) is 34.6 Å². The number of halogens is 2. The molecule has 1 aromatic rings. The third-order valence-corrected chi connectivity index (χ3v) is 19.9. The quantitative estimate of drug-likeness (QED) is 0.493. The SMILES string of the molecule is Cl.Cl.[CH2]=[Ti]([CH3])([NH]C(C)(C)C)([O]CC)([O][Si](C)(C)C)[CH]1C=Cc2ccccc21. The van der Waals surface area contributed by atoms with Gasteiger partial charge in [0.1, 0.15) is 0 Å². The summed E-state index contributed by atoms with van der Waals surface area (Å²) in [6, 6.07) is 8.52. The number of rotatable bonds is 6. The van der Waals surface area contributed by atoms with Gasteiger partial charge in [0.2, 0.25) is 0 Å². The first-order valence-corrected chi connectivity index (χ1v) is 18.4. The molecule has 0 fully saturated rings. The van der Waals surface area contributed by atoms with Crippen LogP contribution < -0.4 is 3.80 Å². The van der Waals surface area contributed by atoms with Crippen molar-refractivity contribution in [3.05, 3.63) is 41.5 Å². The minimum atomic E-state index is -4.93. The van der Waals surface area contributed by atoms with Crippen molar-refractivity contribution in [1.82, 2.24) is 3.80 Å². The van der Waals surface area contributed by atoms with Crippen LogP contribution in [0.15, 0.2) is 30.3 Å². The van der Waals surface area contributed by atoms with E-state index in [4.69, 9.17) is 11.1 Å². The van der Waals surface area contributed by atoms with E-state index >= 15 is 0 Å². The summed E-state index contributed by atoms with van der Waals surface area (Å²) in [6.45, 7) is 15.8.